The molecule has 2 amide bonds. The van der Waals surface area contributed by atoms with Crippen LogP contribution in [0.3, 0.4) is 0 Å². The Kier molecular flexibility index (Phi) is 8.27. The Morgan fingerprint density at radius 3 is 2.35 bits per heavy atom. The lowest BCUT2D eigenvalue weighted by Gasteiger charge is -2.43. The number of carbonyl (C=O) groups excluding carboxylic acids is 2. The number of likely N-dealkylation sites (N-methyl/N-ethyl adjacent to an activating group) is 1. The van der Waals surface area contributed by atoms with Gasteiger partial charge in [-0.15, -0.1) is 0 Å². The summed E-state index contributed by atoms with van der Waals surface area (Å²) in [5.41, 5.74) is 0.593. The van der Waals surface area contributed by atoms with Crippen LogP contribution in [-0.2, 0) is 16.0 Å². The van der Waals surface area contributed by atoms with E-state index in [-0.39, 0.29) is 11.8 Å². The fourth-order valence-corrected chi connectivity index (χ4v) is 5.32. The van der Waals surface area contributed by atoms with E-state index in [1.54, 1.807) is 0 Å². The van der Waals surface area contributed by atoms with Gasteiger partial charge in [-0.3, -0.25) is 9.59 Å². The molecule has 2 heterocycles. The van der Waals surface area contributed by atoms with Crippen molar-refractivity contribution < 1.29 is 14.3 Å². The average Bonchev–Trinajstić information content (AvgIpc) is 2.85. The first-order valence-electron chi connectivity index (χ1n) is 12.1. The highest BCUT2D eigenvalue weighted by molar-refractivity contribution is 9.10. The normalized spacial score (nSPS) is 21.4. The van der Waals surface area contributed by atoms with Crippen LogP contribution in [0.4, 0.5) is 0 Å². The molecule has 6 nitrogen and oxygen atoms in total. The molecule has 4 rings (SSSR count). The second-order valence-corrected chi connectivity index (χ2v) is 10.5. The highest BCUT2D eigenvalue weighted by Gasteiger charge is 2.41. The van der Waals surface area contributed by atoms with Crippen molar-refractivity contribution in [1.29, 1.82) is 0 Å². The summed E-state index contributed by atoms with van der Waals surface area (Å²) in [7, 11) is 2.09. The lowest BCUT2D eigenvalue weighted by atomic mass is 9.77. The minimum Gasteiger partial charge on any atom is -0.493 e. The van der Waals surface area contributed by atoms with Gasteiger partial charge in [0, 0.05) is 55.6 Å². The molecule has 0 bridgehead atoms. The number of para-hydroxylation sites is 1. The van der Waals surface area contributed by atoms with Crippen molar-refractivity contribution in [2.45, 2.75) is 25.7 Å². The third kappa shape index (κ3) is 6.39. The van der Waals surface area contributed by atoms with Gasteiger partial charge in [0.15, 0.2) is 0 Å². The molecule has 2 aromatic carbocycles. The number of hydrogen-bond donors (Lipinski definition) is 0. The largest absolute Gasteiger partial charge is 0.493 e. The van der Waals surface area contributed by atoms with Crippen LogP contribution < -0.4 is 4.74 Å². The molecule has 2 aromatic rings. The number of ether oxygens (including phenoxy) is 1. The molecule has 0 saturated carbocycles. The van der Waals surface area contributed by atoms with E-state index >= 15 is 0 Å². The van der Waals surface area contributed by atoms with Crippen molar-refractivity contribution in [3.63, 3.8) is 0 Å². The Labute approximate surface area is 211 Å². The van der Waals surface area contributed by atoms with Crippen molar-refractivity contribution in [3.8, 4) is 5.75 Å². The maximum absolute atomic E-state index is 13.3. The van der Waals surface area contributed by atoms with Crippen molar-refractivity contribution in [2.24, 2.45) is 5.41 Å². The van der Waals surface area contributed by atoms with Gasteiger partial charge >= 0.3 is 0 Å². The Hall–Kier alpha value is -2.38. The van der Waals surface area contributed by atoms with Gasteiger partial charge in [-0.25, -0.2) is 0 Å². The maximum atomic E-state index is 13.3. The summed E-state index contributed by atoms with van der Waals surface area (Å²) in [6.45, 7) is 5.01. The number of benzene rings is 2. The van der Waals surface area contributed by atoms with Crippen LogP contribution in [0.2, 0.25) is 0 Å². The zero-order chi connectivity index (χ0) is 24.0. The van der Waals surface area contributed by atoms with E-state index in [1.807, 2.05) is 64.4 Å². The van der Waals surface area contributed by atoms with Crippen LogP contribution in [0.1, 0.15) is 24.8 Å². The van der Waals surface area contributed by atoms with E-state index in [2.05, 4.69) is 27.9 Å². The van der Waals surface area contributed by atoms with E-state index in [0.29, 0.717) is 26.0 Å². The topological polar surface area (TPSA) is 53.1 Å². The molecule has 2 aliphatic heterocycles. The van der Waals surface area contributed by atoms with E-state index in [4.69, 9.17) is 4.74 Å². The summed E-state index contributed by atoms with van der Waals surface area (Å²) in [6.07, 6.45) is 2.50. The van der Waals surface area contributed by atoms with Gasteiger partial charge < -0.3 is 19.4 Å². The van der Waals surface area contributed by atoms with Gasteiger partial charge in [0.05, 0.1) is 13.0 Å². The molecular formula is C27H34BrN3O3. The third-order valence-corrected chi connectivity index (χ3v) is 7.76. The molecule has 0 spiro atoms. The van der Waals surface area contributed by atoms with Crippen LogP contribution in [0, 0.1) is 5.41 Å². The Morgan fingerprint density at radius 2 is 1.62 bits per heavy atom. The SMILES string of the molecule is CN1CCN(C(=O)C[C@]2(COc3ccccc3)CCCN(C(=O)Cc3ccccc3Br)C2)CC1. The Morgan fingerprint density at radius 1 is 0.912 bits per heavy atom. The van der Waals surface area contributed by atoms with Crippen LogP contribution in [-0.4, -0.2) is 79.4 Å². The Balaban J connectivity index is 1.48. The van der Waals surface area contributed by atoms with E-state index in [9.17, 15) is 9.59 Å². The van der Waals surface area contributed by atoms with Crippen LogP contribution in [0.25, 0.3) is 0 Å². The molecule has 2 fully saturated rings. The van der Waals surface area contributed by atoms with Gasteiger partial charge in [-0.2, -0.15) is 0 Å². The number of halogens is 1. The molecule has 0 aromatic heterocycles. The van der Waals surface area contributed by atoms with Crippen molar-refractivity contribution in [2.75, 3.05) is 52.9 Å². The second kappa shape index (κ2) is 11.4. The molecule has 0 radical (unpaired) electrons. The van der Waals surface area contributed by atoms with Gasteiger partial charge in [-0.1, -0.05) is 52.3 Å². The summed E-state index contributed by atoms with van der Waals surface area (Å²) < 4.78 is 7.14. The monoisotopic (exact) mass is 527 g/mol. The number of carbonyl (C=O) groups is 2. The predicted octanol–water partition coefficient (Wildman–Crippen LogP) is 3.84. The zero-order valence-electron chi connectivity index (χ0n) is 19.9. The molecule has 7 heteroatoms. The molecule has 2 saturated heterocycles. The fraction of sp³-hybridized carbons (Fsp3) is 0.481. The Bertz CT molecular complexity index is 978. The first-order valence-corrected chi connectivity index (χ1v) is 12.9. The molecule has 0 aliphatic carbocycles. The summed E-state index contributed by atoms with van der Waals surface area (Å²) >= 11 is 3.56. The quantitative estimate of drug-likeness (QED) is 0.548. The summed E-state index contributed by atoms with van der Waals surface area (Å²) in [6, 6.07) is 17.6. The lowest BCUT2D eigenvalue weighted by molar-refractivity contribution is -0.142. The van der Waals surface area contributed by atoms with Gasteiger partial charge in [0.1, 0.15) is 5.75 Å². The number of rotatable bonds is 7. The number of nitrogens with zero attached hydrogens (tertiary/aromatic N) is 3. The maximum Gasteiger partial charge on any atom is 0.227 e. The summed E-state index contributed by atoms with van der Waals surface area (Å²) in [4.78, 5) is 32.8. The minimum absolute atomic E-state index is 0.0998. The van der Waals surface area contributed by atoms with E-state index < -0.39 is 5.41 Å². The van der Waals surface area contributed by atoms with Crippen LogP contribution in [0.5, 0.6) is 5.75 Å². The predicted molar refractivity (Wildman–Crippen MR) is 137 cm³/mol. The van der Waals surface area contributed by atoms with Crippen LogP contribution in [0.15, 0.2) is 59.1 Å². The number of likely N-dealkylation sites (tertiary alicyclic amines) is 1. The standard InChI is InChI=1S/C27H34BrN3O3/c1-29-14-16-30(17-15-29)26(33)19-27(21-34-23-9-3-2-4-10-23)12-7-13-31(20-27)25(32)18-22-8-5-6-11-24(22)28/h2-6,8-11H,7,12-21H2,1H3/t27-/m1/s1. The second-order valence-electron chi connectivity index (χ2n) is 9.65. The zero-order valence-corrected chi connectivity index (χ0v) is 21.5. The fourth-order valence-electron chi connectivity index (χ4n) is 4.89. The van der Waals surface area contributed by atoms with E-state index in [0.717, 1.165) is 61.4 Å². The summed E-state index contributed by atoms with van der Waals surface area (Å²) in [5.74, 6) is 1.07. The molecule has 0 N–H and O–H groups in total. The average molecular weight is 528 g/mol. The molecule has 1 atom stereocenters. The molecule has 2 aliphatic rings. The van der Waals surface area contributed by atoms with Crippen molar-refractivity contribution in [1.82, 2.24) is 14.7 Å². The van der Waals surface area contributed by atoms with Crippen molar-refractivity contribution in [3.05, 3.63) is 64.6 Å². The lowest BCUT2D eigenvalue weighted by Crippen LogP contribution is -2.53. The third-order valence-electron chi connectivity index (χ3n) is 6.98. The number of amides is 2. The van der Waals surface area contributed by atoms with Gasteiger partial charge in [-0.05, 0) is 43.7 Å². The van der Waals surface area contributed by atoms with Crippen molar-refractivity contribution >= 4 is 27.7 Å². The van der Waals surface area contributed by atoms with Crippen LogP contribution >= 0.6 is 15.9 Å². The minimum atomic E-state index is -0.391. The number of piperazine rings is 1. The molecule has 0 unspecified atom stereocenters. The highest BCUT2D eigenvalue weighted by atomic mass is 79.9. The first-order chi connectivity index (χ1) is 16.4. The number of piperidine rings is 1. The molecule has 182 valence electrons. The first kappa shape index (κ1) is 24.7. The number of hydrogen-bond acceptors (Lipinski definition) is 4. The highest BCUT2D eigenvalue weighted by Crippen LogP contribution is 2.36. The van der Waals surface area contributed by atoms with Gasteiger partial charge in [0.25, 0.3) is 0 Å². The van der Waals surface area contributed by atoms with E-state index in [1.165, 1.54) is 0 Å². The van der Waals surface area contributed by atoms with Gasteiger partial charge in [0.2, 0.25) is 11.8 Å². The smallest absolute Gasteiger partial charge is 0.227 e. The molecular weight excluding hydrogens is 494 g/mol. The summed E-state index contributed by atoms with van der Waals surface area (Å²) in [5, 5.41) is 0. The molecule has 34 heavy (non-hydrogen) atoms.